The molecule has 1 heterocycles. The van der Waals surface area contributed by atoms with Crippen molar-refractivity contribution in [1.82, 2.24) is 4.98 Å². The molecule has 0 radical (unpaired) electrons. The summed E-state index contributed by atoms with van der Waals surface area (Å²) in [7, 11) is 0. The van der Waals surface area contributed by atoms with Crippen LogP contribution in [0.3, 0.4) is 0 Å². The molecule has 4 aromatic rings. The van der Waals surface area contributed by atoms with E-state index in [4.69, 9.17) is 16.0 Å². The molecule has 1 amide bonds. The standard InChI is InChI=1S/C20H11BrClFN2O2/c21-15-7-3-12(9-16(15)23)19(26)24-14-6-8-18-17(10-14)25-20(27-18)11-1-4-13(22)5-2-11/h1-10H,(H,24,26). The minimum atomic E-state index is -0.498. The molecule has 0 aliphatic rings. The highest BCUT2D eigenvalue weighted by atomic mass is 79.9. The lowest BCUT2D eigenvalue weighted by Crippen LogP contribution is -2.12. The molecule has 7 heteroatoms. The van der Waals surface area contributed by atoms with Crippen LogP contribution in [0.5, 0.6) is 0 Å². The molecule has 1 N–H and O–H groups in total. The number of fused-ring (bicyclic) bond motifs is 1. The number of hydrogen-bond donors (Lipinski definition) is 1. The number of halogens is 3. The van der Waals surface area contributed by atoms with Gasteiger partial charge in [-0.15, -0.1) is 0 Å². The molecular formula is C20H11BrClFN2O2. The van der Waals surface area contributed by atoms with Crippen molar-refractivity contribution in [1.29, 1.82) is 0 Å². The van der Waals surface area contributed by atoms with Crippen molar-refractivity contribution in [2.75, 3.05) is 5.32 Å². The molecule has 0 aliphatic heterocycles. The molecule has 1 aromatic heterocycles. The van der Waals surface area contributed by atoms with Crippen molar-refractivity contribution in [2.45, 2.75) is 0 Å². The molecule has 134 valence electrons. The number of carbonyl (C=O) groups is 1. The van der Waals surface area contributed by atoms with Gasteiger partial charge in [0.25, 0.3) is 5.91 Å². The summed E-state index contributed by atoms with van der Waals surface area (Å²) < 4.78 is 19.7. The number of aromatic nitrogens is 1. The Balaban J connectivity index is 1.60. The van der Waals surface area contributed by atoms with E-state index in [0.29, 0.717) is 32.2 Å². The van der Waals surface area contributed by atoms with E-state index in [1.807, 2.05) is 12.1 Å². The Labute approximate surface area is 167 Å². The molecule has 0 spiro atoms. The minimum Gasteiger partial charge on any atom is -0.436 e. The summed E-state index contributed by atoms with van der Waals surface area (Å²) in [5.74, 6) is -0.454. The fraction of sp³-hybridized carbons (Fsp3) is 0. The molecule has 0 aliphatic carbocycles. The van der Waals surface area contributed by atoms with Crippen LogP contribution < -0.4 is 5.32 Å². The maximum Gasteiger partial charge on any atom is 0.255 e. The zero-order chi connectivity index (χ0) is 19.0. The quantitative estimate of drug-likeness (QED) is 0.402. The van der Waals surface area contributed by atoms with Crippen LogP contribution >= 0.6 is 27.5 Å². The molecule has 0 bridgehead atoms. The monoisotopic (exact) mass is 444 g/mol. The zero-order valence-corrected chi connectivity index (χ0v) is 16.0. The smallest absolute Gasteiger partial charge is 0.255 e. The topological polar surface area (TPSA) is 55.1 Å². The summed E-state index contributed by atoms with van der Waals surface area (Å²) in [5.41, 5.74) is 2.74. The molecule has 0 saturated heterocycles. The van der Waals surface area contributed by atoms with Gasteiger partial charge in [-0.3, -0.25) is 4.79 Å². The van der Waals surface area contributed by atoms with Crippen molar-refractivity contribution < 1.29 is 13.6 Å². The summed E-state index contributed by atoms with van der Waals surface area (Å²) in [4.78, 5) is 16.8. The van der Waals surface area contributed by atoms with Crippen LogP contribution in [0.4, 0.5) is 10.1 Å². The average molecular weight is 446 g/mol. The third kappa shape index (κ3) is 3.72. The van der Waals surface area contributed by atoms with Crippen LogP contribution in [-0.2, 0) is 0 Å². The number of anilines is 1. The summed E-state index contributed by atoms with van der Waals surface area (Å²) >= 11 is 8.96. The normalized spacial score (nSPS) is 10.9. The van der Waals surface area contributed by atoms with Gasteiger partial charge in [-0.2, -0.15) is 0 Å². The second-order valence-electron chi connectivity index (χ2n) is 5.79. The Hall–Kier alpha value is -2.70. The van der Waals surface area contributed by atoms with Crippen molar-refractivity contribution in [3.8, 4) is 11.5 Å². The van der Waals surface area contributed by atoms with Gasteiger partial charge in [0.2, 0.25) is 5.89 Å². The molecule has 0 unspecified atom stereocenters. The molecule has 0 atom stereocenters. The summed E-state index contributed by atoms with van der Waals surface area (Å²) in [6.45, 7) is 0. The third-order valence-electron chi connectivity index (χ3n) is 3.92. The van der Waals surface area contributed by atoms with Crippen LogP contribution in [0.15, 0.2) is 69.6 Å². The van der Waals surface area contributed by atoms with Crippen LogP contribution in [0.1, 0.15) is 10.4 Å². The van der Waals surface area contributed by atoms with Gasteiger partial charge in [0, 0.05) is 21.8 Å². The number of nitrogens with zero attached hydrogens (tertiary/aromatic N) is 1. The lowest BCUT2D eigenvalue weighted by atomic mass is 10.2. The predicted octanol–water partition coefficient (Wildman–Crippen LogP) is 6.30. The van der Waals surface area contributed by atoms with E-state index in [-0.39, 0.29) is 5.56 Å². The first-order valence-electron chi connectivity index (χ1n) is 7.92. The average Bonchev–Trinajstić information content (AvgIpc) is 3.07. The Morgan fingerprint density at radius 3 is 2.59 bits per heavy atom. The first-order valence-corrected chi connectivity index (χ1v) is 9.09. The SMILES string of the molecule is O=C(Nc1ccc2oc(-c3ccc(Cl)cc3)nc2c1)c1ccc(Br)c(F)c1. The van der Waals surface area contributed by atoms with E-state index in [1.165, 1.54) is 18.2 Å². The summed E-state index contributed by atoms with van der Waals surface area (Å²) in [6, 6.07) is 16.5. The summed E-state index contributed by atoms with van der Waals surface area (Å²) in [5, 5.41) is 3.36. The maximum absolute atomic E-state index is 13.6. The largest absolute Gasteiger partial charge is 0.436 e. The van der Waals surface area contributed by atoms with Crippen molar-refractivity contribution >= 4 is 50.2 Å². The highest BCUT2D eigenvalue weighted by Crippen LogP contribution is 2.27. The van der Waals surface area contributed by atoms with Gasteiger partial charge in [0.05, 0.1) is 4.47 Å². The van der Waals surface area contributed by atoms with Crippen LogP contribution in [-0.4, -0.2) is 10.9 Å². The van der Waals surface area contributed by atoms with E-state index >= 15 is 0 Å². The van der Waals surface area contributed by atoms with E-state index in [9.17, 15) is 9.18 Å². The molecule has 0 saturated carbocycles. The van der Waals surface area contributed by atoms with Gasteiger partial charge < -0.3 is 9.73 Å². The lowest BCUT2D eigenvalue weighted by Gasteiger charge is -2.05. The fourth-order valence-corrected chi connectivity index (χ4v) is 2.93. The number of amides is 1. The first-order chi connectivity index (χ1) is 13.0. The molecular weight excluding hydrogens is 435 g/mol. The molecule has 4 nitrogen and oxygen atoms in total. The second-order valence-corrected chi connectivity index (χ2v) is 7.08. The van der Waals surface area contributed by atoms with Gasteiger partial charge in [-0.25, -0.2) is 9.37 Å². The number of oxazole rings is 1. The Bertz CT molecular complexity index is 1160. The second kappa shape index (κ2) is 7.13. The van der Waals surface area contributed by atoms with E-state index < -0.39 is 11.7 Å². The Kier molecular flexibility index (Phi) is 4.68. The number of rotatable bonds is 3. The molecule has 27 heavy (non-hydrogen) atoms. The van der Waals surface area contributed by atoms with Gasteiger partial charge in [-0.05, 0) is 76.6 Å². The minimum absolute atomic E-state index is 0.220. The Morgan fingerprint density at radius 2 is 1.85 bits per heavy atom. The van der Waals surface area contributed by atoms with Crippen molar-refractivity contribution in [3.05, 3.63) is 81.5 Å². The third-order valence-corrected chi connectivity index (χ3v) is 4.81. The van der Waals surface area contributed by atoms with Crippen LogP contribution in [0.25, 0.3) is 22.6 Å². The lowest BCUT2D eigenvalue weighted by molar-refractivity contribution is 0.102. The van der Waals surface area contributed by atoms with E-state index in [2.05, 4.69) is 26.2 Å². The van der Waals surface area contributed by atoms with E-state index in [0.717, 1.165) is 5.56 Å². The van der Waals surface area contributed by atoms with Crippen LogP contribution in [0.2, 0.25) is 5.02 Å². The molecule has 4 rings (SSSR count). The zero-order valence-electron chi connectivity index (χ0n) is 13.7. The predicted molar refractivity (Wildman–Crippen MR) is 107 cm³/mol. The number of benzene rings is 3. The fourth-order valence-electron chi connectivity index (χ4n) is 2.56. The first kappa shape index (κ1) is 17.7. The highest BCUT2D eigenvalue weighted by molar-refractivity contribution is 9.10. The van der Waals surface area contributed by atoms with Crippen molar-refractivity contribution in [2.24, 2.45) is 0 Å². The number of hydrogen-bond acceptors (Lipinski definition) is 3. The van der Waals surface area contributed by atoms with E-state index in [1.54, 1.807) is 30.3 Å². The van der Waals surface area contributed by atoms with Crippen LogP contribution in [0, 0.1) is 5.82 Å². The van der Waals surface area contributed by atoms with Crippen molar-refractivity contribution in [3.63, 3.8) is 0 Å². The highest BCUT2D eigenvalue weighted by Gasteiger charge is 2.12. The summed E-state index contributed by atoms with van der Waals surface area (Å²) in [6.07, 6.45) is 0. The van der Waals surface area contributed by atoms with Gasteiger partial charge in [-0.1, -0.05) is 11.6 Å². The molecule has 3 aromatic carbocycles. The number of carbonyl (C=O) groups excluding carboxylic acids is 1. The number of nitrogens with one attached hydrogen (secondary N) is 1. The maximum atomic E-state index is 13.6. The van der Waals surface area contributed by atoms with Gasteiger partial charge in [0.15, 0.2) is 5.58 Å². The Morgan fingerprint density at radius 1 is 1.07 bits per heavy atom. The molecule has 0 fully saturated rings. The van der Waals surface area contributed by atoms with Gasteiger partial charge >= 0.3 is 0 Å². The van der Waals surface area contributed by atoms with Gasteiger partial charge in [0.1, 0.15) is 11.3 Å².